The molecule has 1 atom stereocenters. The van der Waals surface area contributed by atoms with E-state index in [1.54, 1.807) is 6.07 Å². The van der Waals surface area contributed by atoms with E-state index in [9.17, 15) is 13.2 Å². The predicted molar refractivity (Wildman–Crippen MR) is 82.5 cm³/mol. The Hall–Kier alpha value is -0.230. The first kappa shape index (κ1) is 16.1. The van der Waals surface area contributed by atoms with Crippen LogP contribution in [0.1, 0.15) is 25.3 Å². The fourth-order valence-corrected chi connectivity index (χ4v) is 3.70. The molecular weight excluding hydrogens is 399 g/mol. The summed E-state index contributed by atoms with van der Waals surface area (Å²) >= 11 is 6.87. The maximum absolute atomic E-state index is 12.6. The molecule has 2 rings (SSSR count). The molecule has 1 aromatic carbocycles. The van der Waals surface area contributed by atoms with Crippen molar-refractivity contribution < 1.29 is 13.2 Å². The highest BCUT2D eigenvalue weighted by Gasteiger charge is 2.31. The van der Waals surface area contributed by atoms with Gasteiger partial charge >= 0.3 is 6.18 Å². The molecule has 1 aromatic rings. The number of rotatable bonds is 2. The molecule has 0 spiro atoms. The molecule has 1 aliphatic heterocycles. The highest BCUT2D eigenvalue weighted by atomic mass is 79.9. The second-order valence-electron chi connectivity index (χ2n) is 5.17. The molecule has 0 radical (unpaired) electrons. The maximum atomic E-state index is 12.6. The van der Waals surface area contributed by atoms with E-state index in [1.165, 1.54) is 0 Å². The molecule has 112 valence electrons. The van der Waals surface area contributed by atoms with Gasteiger partial charge in [-0.3, -0.25) is 0 Å². The zero-order valence-electron chi connectivity index (χ0n) is 11.1. The lowest BCUT2D eigenvalue weighted by Gasteiger charge is -2.35. The summed E-state index contributed by atoms with van der Waals surface area (Å²) in [5.41, 5.74) is 0.232. The molecule has 6 heteroatoms. The number of halogens is 5. The third-order valence-corrected chi connectivity index (χ3v) is 5.19. The summed E-state index contributed by atoms with van der Waals surface area (Å²) in [7, 11) is 0. The van der Waals surface area contributed by atoms with Crippen LogP contribution in [-0.4, -0.2) is 17.9 Å². The number of hydrogen-bond acceptors (Lipinski definition) is 1. The average Bonchev–Trinajstić information content (AvgIpc) is 2.37. The summed E-state index contributed by atoms with van der Waals surface area (Å²) in [6.45, 7) is 3.91. The van der Waals surface area contributed by atoms with E-state index >= 15 is 0 Å². The summed E-state index contributed by atoms with van der Waals surface area (Å²) in [5.74, 6) is 0.638. The minimum Gasteiger partial charge on any atom is -0.371 e. The van der Waals surface area contributed by atoms with Crippen LogP contribution in [0, 0.1) is 5.92 Å². The van der Waals surface area contributed by atoms with Gasteiger partial charge in [0.1, 0.15) is 0 Å². The van der Waals surface area contributed by atoms with E-state index in [0.29, 0.717) is 15.2 Å². The summed E-state index contributed by atoms with van der Waals surface area (Å²) in [6, 6.07) is 3.87. The van der Waals surface area contributed by atoms with Crippen molar-refractivity contribution in [2.75, 3.05) is 18.0 Å². The van der Waals surface area contributed by atoms with Crippen molar-refractivity contribution in [3.05, 3.63) is 28.2 Å². The zero-order chi connectivity index (χ0) is 14.9. The maximum Gasteiger partial charge on any atom is 0.416 e. The minimum absolute atomic E-state index is 0.487. The second kappa shape index (κ2) is 6.26. The van der Waals surface area contributed by atoms with Crippen LogP contribution in [-0.2, 0) is 6.18 Å². The van der Waals surface area contributed by atoms with Crippen molar-refractivity contribution in [2.24, 2.45) is 5.92 Å². The first-order chi connectivity index (χ1) is 9.29. The van der Waals surface area contributed by atoms with Crippen LogP contribution in [0.3, 0.4) is 0 Å². The van der Waals surface area contributed by atoms with E-state index in [2.05, 4.69) is 43.7 Å². The van der Waals surface area contributed by atoms with Crippen molar-refractivity contribution in [2.45, 2.75) is 30.8 Å². The number of nitrogens with zero attached hydrogens (tertiary/aromatic N) is 1. The molecule has 1 unspecified atom stereocenters. The van der Waals surface area contributed by atoms with Crippen molar-refractivity contribution in [1.82, 2.24) is 0 Å². The molecule has 0 aliphatic carbocycles. The molecule has 0 amide bonds. The Bertz CT molecular complexity index is 466. The molecule has 1 aliphatic rings. The number of benzene rings is 1. The Kier molecular flexibility index (Phi) is 5.05. The first-order valence-corrected chi connectivity index (χ1v) is 8.25. The molecule has 0 saturated carbocycles. The Morgan fingerprint density at radius 2 is 1.85 bits per heavy atom. The summed E-state index contributed by atoms with van der Waals surface area (Å²) in [6.07, 6.45) is -2.18. The Balaban J connectivity index is 2.11. The predicted octanol–water partition coefficient (Wildman–Crippen LogP) is 5.47. The second-order valence-corrected chi connectivity index (χ2v) is 7.46. The quantitative estimate of drug-likeness (QED) is 0.580. The van der Waals surface area contributed by atoms with Gasteiger partial charge in [0.05, 0.1) is 11.3 Å². The highest BCUT2D eigenvalue weighted by Crippen LogP contribution is 2.37. The molecule has 1 saturated heterocycles. The van der Waals surface area contributed by atoms with E-state index in [1.807, 2.05) is 0 Å². The van der Waals surface area contributed by atoms with E-state index in [4.69, 9.17) is 0 Å². The van der Waals surface area contributed by atoms with Crippen molar-refractivity contribution in [1.29, 1.82) is 0 Å². The lowest BCUT2D eigenvalue weighted by Crippen LogP contribution is -2.36. The molecule has 0 N–H and O–H groups in total. The number of piperidine rings is 1. The lowest BCUT2D eigenvalue weighted by molar-refractivity contribution is -0.137. The lowest BCUT2D eigenvalue weighted by atomic mass is 9.94. The van der Waals surface area contributed by atoms with Gasteiger partial charge in [-0.1, -0.05) is 22.9 Å². The monoisotopic (exact) mass is 413 g/mol. The van der Waals surface area contributed by atoms with Crippen molar-refractivity contribution in [3.63, 3.8) is 0 Å². The fourth-order valence-electron chi connectivity index (χ4n) is 2.54. The largest absolute Gasteiger partial charge is 0.416 e. The summed E-state index contributed by atoms with van der Waals surface area (Å²) in [4.78, 5) is 2.64. The van der Waals surface area contributed by atoms with Gasteiger partial charge in [0.15, 0.2) is 0 Å². The van der Waals surface area contributed by atoms with E-state index in [-0.39, 0.29) is 0 Å². The molecule has 20 heavy (non-hydrogen) atoms. The smallest absolute Gasteiger partial charge is 0.371 e. The normalized spacial score (nSPS) is 19.2. The average molecular weight is 415 g/mol. The number of hydrogen-bond donors (Lipinski definition) is 0. The van der Waals surface area contributed by atoms with E-state index in [0.717, 1.165) is 43.8 Å². The van der Waals surface area contributed by atoms with Crippen LogP contribution in [0.25, 0.3) is 0 Å². The molecule has 1 heterocycles. The molecular formula is C14H16Br2F3N. The first-order valence-electron chi connectivity index (χ1n) is 6.55. The summed E-state index contributed by atoms with van der Waals surface area (Å²) < 4.78 is 38.4. The zero-order valence-corrected chi connectivity index (χ0v) is 14.2. The summed E-state index contributed by atoms with van der Waals surface area (Å²) in [5, 5.41) is 0. The van der Waals surface area contributed by atoms with Crippen LogP contribution < -0.4 is 4.90 Å². The SMILES string of the molecule is CC(Br)C1CCN(c2ccc(C(F)(F)F)cc2Br)CC1. The Morgan fingerprint density at radius 1 is 1.25 bits per heavy atom. The van der Waals surface area contributed by atoms with Crippen molar-refractivity contribution in [3.8, 4) is 0 Å². The molecule has 0 bridgehead atoms. The van der Waals surface area contributed by atoms with Gasteiger partial charge in [0.2, 0.25) is 0 Å². The van der Waals surface area contributed by atoms with Crippen LogP contribution in [0.15, 0.2) is 22.7 Å². The van der Waals surface area contributed by atoms with Gasteiger partial charge in [-0.2, -0.15) is 13.2 Å². The Labute approximate surface area is 133 Å². The fraction of sp³-hybridized carbons (Fsp3) is 0.571. The van der Waals surface area contributed by atoms with Crippen molar-refractivity contribution >= 4 is 37.5 Å². The van der Waals surface area contributed by atoms with Gasteiger partial charge in [0, 0.05) is 22.4 Å². The van der Waals surface area contributed by atoms with E-state index < -0.39 is 11.7 Å². The topological polar surface area (TPSA) is 3.24 Å². The van der Waals surface area contributed by atoms with Crippen LogP contribution in [0.4, 0.5) is 18.9 Å². The number of alkyl halides is 4. The standard InChI is InChI=1S/C14H16Br2F3N/c1-9(15)10-4-6-20(7-5-10)13-3-2-11(8-12(13)16)14(17,18)19/h2-3,8-10H,4-7H2,1H3. The molecule has 1 fully saturated rings. The van der Waals surface area contributed by atoms with Gasteiger partial charge in [0.25, 0.3) is 0 Å². The molecule has 1 nitrogen and oxygen atoms in total. The van der Waals surface area contributed by atoms with Crippen LogP contribution in [0.5, 0.6) is 0 Å². The van der Waals surface area contributed by atoms with Gasteiger partial charge in [-0.05, 0) is 52.9 Å². The number of anilines is 1. The third-order valence-electron chi connectivity index (χ3n) is 3.80. The van der Waals surface area contributed by atoms with Gasteiger partial charge < -0.3 is 4.90 Å². The van der Waals surface area contributed by atoms with Gasteiger partial charge in [-0.25, -0.2) is 0 Å². The van der Waals surface area contributed by atoms with Gasteiger partial charge in [-0.15, -0.1) is 0 Å². The third kappa shape index (κ3) is 3.70. The molecule has 0 aromatic heterocycles. The Morgan fingerprint density at radius 3 is 2.30 bits per heavy atom. The van der Waals surface area contributed by atoms with Crippen LogP contribution in [0.2, 0.25) is 0 Å². The highest BCUT2D eigenvalue weighted by molar-refractivity contribution is 9.10. The minimum atomic E-state index is -4.29. The van der Waals surface area contributed by atoms with Crippen LogP contribution >= 0.6 is 31.9 Å².